The van der Waals surface area contributed by atoms with Gasteiger partial charge < -0.3 is 0 Å². The van der Waals surface area contributed by atoms with Crippen LogP contribution in [0.5, 0.6) is 0 Å². The highest BCUT2D eigenvalue weighted by atomic mass is 16.1. The van der Waals surface area contributed by atoms with Crippen molar-refractivity contribution in [2.24, 2.45) is 29.1 Å². The largest absolute Gasteiger partial charge is 0.299 e. The van der Waals surface area contributed by atoms with E-state index < -0.39 is 0 Å². The van der Waals surface area contributed by atoms with Gasteiger partial charge in [0.05, 0.1) is 0 Å². The molecule has 1 spiro atoms. The van der Waals surface area contributed by atoms with Gasteiger partial charge in [-0.15, -0.1) is 13.2 Å². The number of hydrogen-bond donors (Lipinski definition) is 0. The predicted octanol–water partition coefficient (Wildman–Crippen LogP) is 3.72. The van der Waals surface area contributed by atoms with Crippen LogP contribution in [-0.2, 0) is 9.59 Å². The summed E-state index contributed by atoms with van der Waals surface area (Å²) in [5.41, 5.74) is 0.554. The molecular formula is C18H24O2. The average Bonchev–Trinajstić information content (AvgIpc) is 3.07. The molecule has 20 heavy (non-hydrogen) atoms. The maximum atomic E-state index is 11.8. The molecule has 2 heteroatoms. The topological polar surface area (TPSA) is 34.1 Å². The normalized spacial score (nSPS) is 40.2. The third-order valence-electron chi connectivity index (χ3n) is 5.98. The Labute approximate surface area is 121 Å². The fourth-order valence-corrected chi connectivity index (χ4v) is 5.17. The van der Waals surface area contributed by atoms with E-state index in [0.717, 1.165) is 24.7 Å². The van der Waals surface area contributed by atoms with Gasteiger partial charge in [0.15, 0.2) is 0 Å². The summed E-state index contributed by atoms with van der Waals surface area (Å²) < 4.78 is 0. The summed E-state index contributed by atoms with van der Waals surface area (Å²) in [4.78, 5) is 23.6. The SMILES string of the molecule is C=CCC(=O)CC1CC23CC2C(CC(=O)CC=C)CC13. The number of allylic oxidation sites excluding steroid dienone is 2. The molecule has 0 saturated heterocycles. The van der Waals surface area contributed by atoms with Crippen molar-refractivity contribution in [1.82, 2.24) is 0 Å². The molecule has 3 aliphatic carbocycles. The molecule has 3 fully saturated rings. The Morgan fingerprint density at radius 1 is 0.950 bits per heavy atom. The Bertz CT molecular complexity index is 464. The van der Waals surface area contributed by atoms with Gasteiger partial charge in [-0.3, -0.25) is 9.59 Å². The van der Waals surface area contributed by atoms with Crippen LogP contribution in [0.2, 0.25) is 0 Å². The van der Waals surface area contributed by atoms with Crippen molar-refractivity contribution < 1.29 is 9.59 Å². The first-order valence-corrected chi connectivity index (χ1v) is 7.86. The fourth-order valence-electron chi connectivity index (χ4n) is 5.17. The Kier molecular flexibility index (Phi) is 3.43. The van der Waals surface area contributed by atoms with Gasteiger partial charge in [-0.05, 0) is 48.3 Å². The monoisotopic (exact) mass is 272 g/mol. The molecule has 0 heterocycles. The van der Waals surface area contributed by atoms with E-state index in [9.17, 15) is 9.59 Å². The van der Waals surface area contributed by atoms with Crippen LogP contribution in [0, 0.1) is 29.1 Å². The quantitative estimate of drug-likeness (QED) is 0.631. The van der Waals surface area contributed by atoms with Crippen molar-refractivity contribution in [2.45, 2.75) is 44.9 Å². The van der Waals surface area contributed by atoms with E-state index in [2.05, 4.69) is 13.2 Å². The zero-order valence-electron chi connectivity index (χ0n) is 12.1. The molecule has 0 N–H and O–H groups in total. The maximum absolute atomic E-state index is 11.8. The van der Waals surface area contributed by atoms with Crippen molar-refractivity contribution in [3.05, 3.63) is 25.3 Å². The summed E-state index contributed by atoms with van der Waals surface area (Å²) in [6, 6.07) is 0. The van der Waals surface area contributed by atoms with Crippen LogP contribution in [0.25, 0.3) is 0 Å². The van der Waals surface area contributed by atoms with Crippen molar-refractivity contribution in [3.8, 4) is 0 Å². The van der Waals surface area contributed by atoms with E-state index in [1.807, 2.05) is 0 Å². The second-order valence-corrected chi connectivity index (χ2v) is 7.08. The van der Waals surface area contributed by atoms with Crippen LogP contribution in [0.4, 0.5) is 0 Å². The van der Waals surface area contributed by atoms with E-state index in [1.165, 1.54) is 19.3 Å². The number of rotatable bonds is 8. The lowest BCUT2D eigenvalue weighted by molar-refractivity contribution is -0.122. The minimum Gasteiger partial charge on any atom is -0.299 e. The van der Waals surface area contributed by atoms with Crippen LogP contribution in [0.15, 0.2) is 25.3 Å². The highest BCUT2D eigenvalue weighted by Gasteiger charge is 2.73. The molecule has 2 nitrogen and oxygen atoms in total. The van der Waals surface area contributed by atoms with Crippen LogP contribution in [0.1, 0.15) is 44.9 Å². The highest BCUT2D eigenvalue weighted by Crippen LogP contribution is 2.80. The summed E-state index contributed by atoms with van der Waals surface area (Å²) in [7, 11) is 0. The third kappa shape index (κ3) is 2.10. The first kappa shape index (κ1) is 13.8. The van der Waals surface area contributed by atoms with Crippen molar-refractivity contribution >= 4 is 11.6 Å². The number of carbonyl (C=O) groups excluding carboxylic acids is 2. The summed E-state index contributed by atoms with van der Waals surface area (Å²) in [5.74, 6) is 3.37. The second kappa shape index (κ2) is 4.98. The molecule has 5 unspecified atom stereocenters. The zero-order valence-corrected chi connectivity index (χ0v) is 12.1. The lowest BCUT2D eigenvalue weighted by Gasteiger charge is -2.43. The molecule has 0 aliphatic heterocycles. The molecule has 3 saturated carbocycles. The first-order chi connectivity index (χ1) is 9.60. The summed E-state index contributed by atoms with van der Waals surface area (Å²) in [5, 5.41) is 0. The number of hydrogen-bond acceptors (Lipinski definition) is 2. The number of Topliss-reactive ketones (excluding diaryl/α,β-unsaturated/α-hetero) is 2. The van der Waals surface area contributed by atoms with Crippen molar-refractivity contribution in [1.29, 1.82) is 0 Å². The second-order valence-electron chi connectivity index (χ2n) is 7.08. The molecule has 3 aliphatic rings. The molecular weight excluding hydrogens is 248 g/mol. The zero-order chi connectivity index (χ0) is 14.3. The smallest absolute Gasteiger partial charge is 0.136 e. The highest BCUT2D eigenvalue weighted by molar-refractivity contribution is 5.81. The maximum Gasteiger partial charge on any atom is 0.136 e. The van der Waals surface area contributed by atoms with Gasteiger partial charge in [-0.25, -0.2) is 0 Å². The first-order valence-electron chi connectivity index (χ1n) is 7.86. The predicted molar refractivity (Wildman–Crippen MR) is 79.1 cm³/mol. The van der Waals surface area contributed by atoms with Gasteiger partial charge in [0, 0.05) is 25.7 Å². The third-order valence-corrected chi connectivity index (χ3v) is 5.98. The molecule has 0 aromatic heterocycles. The standard InChI is InChI=1S/C18H24O2/c1-3-5-14(19)7-12-9-16-13(8-15(20)6-4-2)10-18(16)11-17(12)18/h3-4,12-13,16-17H,1-2,5-11H2. The Hall–Kier alpha value is -1.18. The van der Waals surface area contributed by atoms with E-state index >= 15 is 0 Å². The molecule has 0 radical (unpaired) electrons. The van der Waals surface area contributed by atoms with Crippen LogP contribution in [0.3, 0.4) is 0 Å². The fraction of sp³-hybridized carbons (Fsp3) is 0.667. The molecule has 5 atom stereocenters. The van der Waals surface area contributed by atoms with Gasteiger partial charge >= 0.3 is 0 Å². The Morgan fingerprint density at radius 3 is 2.15 bits per heavy atom. The molecule has 108 valence electrons. The Morgan fingerprint density at radius 2 is 1.55 bits per heavy atom. The number of ketones is 2. The summed E-state index contributed by atoms with van der Waals surface area (Å²) in [6.45, 7) is 7.28. The minimum absolute atomic E-state index is 0.336. The van der Waals surface area contributed by atoms with Gasteiger partial charge in [0.1, 0.15) is 11.6 Å². The molecule has 0 aromatic rings. The van der Waals surface area contributed by atoms with Crippen molar-refractivity contribution in [2.75, 3.05) is 0 Å². The molecule has 3 rings (SSSR count). The molecule has 0 aromatic carbocycles. The van der Waals surface area contributed by atoms with Crippen molar-refractivity contribution in [3.63, 3.8) is 0 Å². The van der Waals surface area contributed by atoms with E-state index in [1.54, 1.807) is 12.2 Å². The average molecular weight is 272 g/mol. The van der Waals surface area contributed by atoms with E-state index in [-0.39, 0.29) is 0 Å². The summed E-state index contributed by atoms with van der Waals surface area (Å²) >= 11 is 0. The summed E-state index contributed by atoms with van der Waals surface area (Å²) in [6.07, 6.45) is 9.66. The minimum atomic E-state index is 0.336. The Balaban J connectivity index is 1.54. The number of carbonyl (C=O) groups is 2. The van der Waals surface area contributed by atoms with Crippen LogP contribution < -0.4 is 0 Å². The van der Waals surface area contributed by atoms with E-state index in [0.29, 0.717) is 41.7 Å². The molecule has 0 amide bonds. The lowest BCUT2D eigenvalue weighted by atomic mass is 9.61. The van der Waals surface area contributed by atoms with Crippen LogP contribution in [-0.4, -0.2) is 11.6 Å². The molecule has 0 bridgehead atoms. The van der Waals surface area contributed by atoms with Gasteiger partial charge in [-0.2, -0.15) is 0 Å². The van der Waals surface area contributed by atoms with Crippen LogP contribution >= 0.6 is 0 Å². The lowest BCUT2D eigenvalue weighted by Crippen LogP contribution is -2.38. The van der Waals surface area contributed by atoms with E-state index in [4.69, 9.17) is 0 Å². The van der Waals surface area contributed by atoms with Gasteiger partial charge in [0.25, 0.3) is 0 Å². The van der Waals surface area contributed by atoms with Gasteiger partial charge in [-0.1, -0.05) is 12.2 Å². The van der Waals surface area contributed by atoms with Gasteiger partial charge in [0.2, 0.25) is 0 Å².